The fourth-order valence-electron chi connectivity index (χ4n) is 2.77. The van der Waals surface area contributed by atoms with Crippen LogP contribution < -0.4 is 11.2 Å². The van der Waals surface area contributed by atoms with E-state index in [1.54, 1.807) is 0 Å². The Balaban J connectivity index is 2.18. The highest BCUT2D eigenvalue weighted by Crippen LogP contribution is 2.34. The lowest BCUT2D eigenvalue weighted by Crippen LogP contribution is -2.35. The molecule has 0 fully saturated rings. The number of rotatable bonds is 5. The zero-order chi connectivity index (χ0) is 17.3. The summed E-state index contributed by atoms with van der Waals surface area (Å²) in [5.74, 6) is -0.947. The van der Waals surface area contributed by atoms with Gasteiger partial charge in [-0.05, 0) is 18.9 Å². The molecular formula is C17H16N2O4S. The van der Waals surface area contributed by atoms with E-state index in [9.17, 15) is 14.4 Å². The van der Waals surface area contributed by atoms with Gasteiger partial charge in [-0.15, -0.1) is 11.3 Å². The monoisotopic (exact) mass is 344 g/mol. The first-order valence-electron chi connectivity index (χ1n) is 7.52. The molecule has 2 heterocycles. The maximum Gasteiger partial charge on any atom is 0.329 e. The van der Waals surface area contributed by atoms with Crippen LogP contribution in [-0.2, 0) is 11.3 Å². The van der Waals surface area contributed by atoms with E-state index in [0.29, 0.717) is 10.2 Å². The highest BCUT2D eigenvalue weighted by molar-refractivity contribution is 7.19. The maximum absolute atomic E-state index is 12.8. The number of benzene rings is 1. The van der Waals surface area contributed by atoms with Gasteiger partial charge in [0.05, 0.1) is 5.39 Å². The number of nitrogens with zero attached hydrogens (tertiary/aromatic N) is 1. The van der Waals surface area contributed by atoms with Crippen LogP contribution in [0.4, 0.5) is 0 Å². The van der Waals surface area contributed by atoms with Crippen LogP contribution in [0.3, 0.4) is 0 Å². The van der Waals surface area contributed by atoms with E-state index < -0.39 is 11.7 Å². The van der Waals surface area contributed by atoms with Gasteiger partial charge in [-0.3, -0.25) is 19.1 Å². The molecule has 0 amide bonds. The molecule has 0 bridgehead atoms. The molecular weight excluding hydrogens is 328 g/mol. The average Bonchev–Trinajstić information content (AvgIpc) is 2.87. The van der Waals surface area contributed by atoms with E-state index in [-0.39, 0.29) is 24.9 Å². The maximum atomic E-state index is 12.8. The number of aliphatic carboxylic acids is 1. The lowest BCUT2D eigenvalue weighted by molar-refractivity contribution is -0.137. The van der Waals surface area contributed by atoms with Gasteiger partial charge < -0.3 is 5.11 Å². The van der Waals surface area contributed by atoms with Crippen LogP contribution in [0.2, 0.25) is 0 Å². The zero-order valence-electron chi connectivity index (χ0n) is 13.0. The Bertz CT molecular complexity index is 1010. The van der Waals surface area contributed by atoms with Crippen molar-refractivity contribution in [2.45, 2.75) is 26.3 Å². The highest BCUT2D eigenvalue weighted by atomic mass is 32.1. The molecule has 124 valence electrons. The molecule has 6 nitrogen and oxygen atoms in total. The molecule has 0 aliphatic carbocycles. The van der Waals surface area contributed by atoms with Gasteiger partial charge in [-0.1, -0.05) is 30.3 Å². The molecule has 3 rings (SSSR count). The summed E-state index contributed by atoms with van der Waals surface area (Å²) in [6.07, 6.45) is 0.145. The average molecular weight is 344 g/mol. The number of hydrogen-bond donors (Lipinski definition) is 2. The highest BCUT2D eigenvalue weighted by Gasteiger charge is 2.17. The summed E-state index contributed by atoms with van der Waals surface area (Å²) in [4.78, 5) is 39.9. The first-order valence-corrected chi connectivity index (χ1v) is 8.34. The zero-order valence-corrected chi connectivity index (χ0v) is 13.9. The predicted octanol–water partition coefficient (Wildman–Crippen LogP) is 2.59. The van der Waals surface area contributed by atoms with Crippen molar-refractivity contribution in [3.05, 3.63) is 56.0 Å². The van der Waals surface area contributed by atoms with Crippen molar-refractivity contribution < 1.29 is 9.90 Å². The molecule has 0 aliphatic heterocycles. The fraction of sp³-hybridized carbons (Fsp3) is 0.235. The molecule has 1 aromatic carbocycles. The van der Waals surface area contributed by atoms with E-state index >= 15 is 0 Å². The van der Waals surface area contributed by atoms with E-state index in [1.807, 2.05) is 37.3 Å². The van der Waals surface area contributed by atoms with Gasteiger partial charge in [0.25, 0.3) is 5.56 Å². The lowest BCUT2D eigenvalue weighted by atomic mass is 10.0. The molecule has 0 saturated heterocycles. The van der Waals surface area contributed by atoms with Crippen molar-refractivity contribution in [3.63, 3.8) is 0 Å². The molecule has 0 saturated carbocycles. The van der Waals surface area contributed by atoms with Crippen molar-refractivity contribution in [2.24, 2.45) is 0 Å². The number of aromatic nitrogens is 2. The van der Waals surface area contributed by atoms with E-state index in [2.05, 4.69) is 4.98 Å². The Kier molecular flexibility index (Phi) is 4.35. The number of fused-ring (bicyclic) bond motifs is 1. The second-order valence-electron chi connectivity index (χ2n) is 5.49. The summed E-state index contributed by atoms with van der Waals surface area (Å²) in [5.41, 5.74) is 0.868. The summed E-state index contributed by atoms with van der Waals surface area (Å²) in [7, 11) is 0. The normalized spacial score (nSPS) is 11.0. The Morgan fingerprint density at radius 3 is 2.62 bits per heavy atom. The lowest BCUT2D eigenvalue weighted by Gasteiger charge is -2.05. The van der Waals surface area contributed by atoms with Crippen LogP contribution in [0.1, 0.15) is 17.7 Å². The molecule has 0 radical (unpaired) electrons. The fourth-order valence-corrected chi connectivity index (χ4v) is 3.83. The van der Waals surface area contributed by atoms with Crippen LogP contribution in [-0.4, -0.2) is 20.6 Å². The summed E-state index contributed by atoms with van der Waals surface area (Å²) in [5, 5.41) is 9.21. The summed E-state index contributed by atoms with van der Waals surface area (Å²) in [6, 6.07) is 9.55. The van der Waals surface area contributed by atoms with Gasteiger partial charge in [0.15, 0.2) is 0 Å². The first-order chi connectivity index (χ1) is 11.5. The van der Waals surface area contributed by atoms with Crippen LogP contribution in [0.25, 0.3) is 21.3 Å². The number of carboxylic acids is 1. The molecule has 7 heteroatoms. The second-order valence-corrected chi connectivity index (χ2v) is 6.71. The molecule has 0 unspecified atom stereocenters. The third kappa shape index (κ3) is 2.90. The number of thiophene rings is 1. The molecule has 2 N–H and O–H groups in total. The summed E-state index contributed by atoms with van der Waals surface area (Å²) < 4.78 is 1.09. The number of nitrogens with one attached hydrogen (secondary N) is 1. The van der Waals surface area contributed by atoms with Gasteiger partial charge in [-0.2, -0.15) is 0 Å². The number of aromatic amines is 1. The van der Waals surface area contributed by atoms with Crippen molar-refractivity contribution in [2.75, 3.05) is 0 Å². The van der Waals surface area contributed by atoms with Gasteiger partial charge in [0.2, 0.25) is 0 Å². The second kappa shape index (κ2) is 6.45. The smallest absolute Gasteiger partial charge is 0.329 e. The van der Waals surface area contributed by atoms with Crippen molar-refractivity contribution in [1.29, 1.82) is 0 Å². The van der Waals surface area contributed by atoms with E-state index in [4.69, 9.17) is 5.11 Å². The van der Waals surface area contributed by atoms with Crippen molar-refractivity contribution in [1.82, 2.24) is 9.55 Å². The minimum Gasteiger partial charge on any atom is -0.481 e. The number of hydrogen-bond acceptors (Lipinski definition) is 4. The molecule has 3 aromatic rings. The van der Waals surface area contributed by atoms with Gasteiger partial charge in [-0.25, -0.2) is 4.79 Å². The Hall–Kier alpha value is -2.67. The molecule has 2 aromatic heterocycles. The Morgan fingerprint density at radius 2 is 1.96 bits per heavy atom. The largest absolute Gasteiger partial charge is 0.481 e. The SMILES string of the molecule is Cc1sc2[nH]c(=O)n(CCCC(=O)O)c(=O)c2c1-c1ccccc1. The molecule has 0 spiro atoms. The van der Waals surface area contributed by atoms with Crippen LogP contribution in [0.15, 0.2) is 39.9 Å². The Morgan fingerprint density at radius 1 is 1.25 bits per heavy atom. The van der Waals surface area contributed by atoms with Gasteiger partial charge in [0, 0.05) is 23.4 Å². The van der Waals surface area contributed by atoms with Crippen LogP contribution >= 0.6 is 11.3 Å². The minimum atomic E-state index is -0.947. The first kappa shape index (κ1) is 16.2. The third-order valence-electron chi connectivity index (χ3n) is 3.84. The predicted molar refractivity (Wildman–Crippen MR) is 93.7 cm³/mol. The standard InChI is InChI=1S/C17H16N2O4S/c1-10-13(11-6-3-2-4-7-11)14-15(24-10)18-17(23)19(16(14)22)9-5-8-12(20)21/h2-4,6-7H,5,8-9H2,1H3,(H,18,23)(H,20,21). The molecule has 0 atom stereocenters. The number of H-pyrrole nitrogens is 1. The van der Waals surface area contributed by atoms with Crippen LogP contribution in [0, 0.1) is 6.92 Å². The number of carboxylic acid groups (broad SMARTS) is 1. The van der Waals surface area contributed by atoms with E-state index in [0.717, 1.165) is 20.6 Å². The van der Waals surface area contributed by atoms with Gasteiger partial charge >= 0.3 is 11.7 Å². The topological polar surface area (TPSA) is 92.2 Å². The summed E-state index contributed by atoms with van der Waals surface area (Å²) >= 11 is 1.38. The molecule has 24 heavy (non-hydrogen) atoms. The van der Waals surface area contributed by atoms with Gasteiger partial charge in [0.1, 0.15) is 4.83 Å². The minimum absolute atomic E-state index is 0.0829. The van der Waals surface area contributed by atoms with E-state index in [1.165, 1.54) is 11.3 Å². The van der Waals surface area contributed by atoms with Crippen LogP contribution in [0.5, 0.6) is 0 Å². The summed E-state index contributed by atoms with van der Waals surface area (Å²) in [6.45, 7) is 2.00. The quantitative estimate of drug-likeness (QED) is 0.744. The third-order valence-corrected chi connectivity index (χ3v) is 4.86. The van der Waals surface area contributed by atoms with Crippen molar-refractivity contribution in [3.8, 4) is 11.1 Å². The number of aryl methyl sites for hydroxylation is 1. The molecule has 0 aliphatic rings. The van der Waals surface area contributed by atoms with Crippen molar-refractivity contribution >= 4 is 27.5 Å². The Labute approximate surface area is 141 Å². The number of carbonyl (C=O) groups is 1.